The van der Waals surface area contributed by atoms with Gasteiger partial charge in [-0.2, -0.15) is 0 Å². The Morgan fingerprint density at radius 2 is 1.37 bits per heavy atom. The molecule has 0 heterocycles. The molecule has 0 amide bonds. The zero-order valence-electron chi connectivity index (χ0n) is 22.0. The Morgan fingerprint density at radius 3 is 1.70 bits per heavy atom. The first kappa shape index (κ1) is 30.6. The molecule has 0 aromatic carbocycles. The predicted octanol–water partition coefficient (Wildman–Crippen LogP) is 6.57. The zero-order valence-corrected chi connectivity index (χ0v) is 22.0. The number of allylic oxidation sites excluding steroid dienone is 4. The summed E-state index contributed by atoms with van der Waals surface area (Å²) in [7, 11) is 0. The van der Waals surface area contributed by atoms with Crippen LogP contribution in [0.1, 0.15) is 109 Å². The quantitative estimate of drug-likeness (QED) is 0.391. The number of carbonyl (C=O) groups is 2. The van der Waals surface area contributed by atoms with Gasteiger partial charge in [0.05, 0.1) is 0 Å². The van der Waals surface area contributed by atoms with Crippen molar-refractivity contribution in [1.29, 1.82) is 0 Å². The number of ketones is 2. The van der Waals surface area contributed by atoms with E-state index in [1.54, 1.807) is 6.08 Å². The molecular formula is C26H50N2O2. The van der Waals surface area contributed by atoms with E-state index in [4.69, 9.17) is 0 Å². The van der Waals surface area contributed by atoms with E-state index in [2.05, 4.69) is 59.1 Å². The van der Waals surface area contributed by atoms with Crippen LogP contribution in [-0.4, -0.2) is 23.1 Å². The molecule has 1 atom stereocenters. The minimum absolute atomic E-state index is 0.0139. The van der Waals surface area contributed by atoms with Crippen molar-refractivity contribution in [1.82, 2.24) is 10.6 Å². The van der Waals surface area contributed by atoms with Crippen molar-refractivity contribution < 1.29 is 9.59 Å². The van der Waals surface area contributed by atoms with Gasteiger partial charge < -0.3 is 10.6 Å². The average molecular weight is 423 g/mol. The molecule has 0 fully saturated rings. The van der Waals surface area contributed by atoms with Crippen molar-refractivity contribution in [2.24, 2.45) is 11.3 Å². The van der Waals surface area contributed by atoms with Gasteiger partial charge in [-0.15, -0.1) is 0 Å². The molecule has 0 bridgehead atoms. The summed E-state index contributed by atoms with van der Waals surface area (Å²) in [6.07, 6.45) is 7.27. The minimum atomic E-state index is -0.292. The molecule has 0 aliphatic carbocycles. The molecule has 0 radical (unpaired) electrons. The highest BCUT2D eigenvalue weighted by Gasteiger charge is 2.20. The Balaban J connectivity index is 0. The second kappa shape index (κ2) is 14.4. The molecule has 1 unspecified atom stereocenters. The van der Waals surface area contributed by atoms with Gasteiger partial charge in [0.2, 0.25) is 0 Å². The fraction of sp³-hybridized carbons (Fsp3) is 0.769. The lowest BCUT2D eigenvalue weighted by Crippen LogP contribution is -2.35. The zero-order chi connectivity index (χ0) is 24.1. The van der Waals surface area contributed by atoms with Crippen LogP contribution in [0.15, 0.2) is 23.5 Å². The summed E-state index contributed by atoms with van der Waals surface area (Å²) in [5.74, 6) is 0.631. The second-order valence-electron chi connectivity index (χ2n) is 10.4. The van der Waals surface area contributed by atoms with E-state index in [1.165, 1.54) is 5.70 Å². The lowest BCUT2D eigenvalue weighted by molar-refractivity contribution is -0.122. The van der Waals surface area contributed by atoms with Crippen LogP contribution in [-0.2, 0) is 9.59 Å². The number of Topliss-reactive ketones (excluding diaryl/α,β-unsaturated/α-hetero) is 1. The first-order valence-electron chi connectivity index (χ1n) is 11.6. The minimum Gasteiger partial charge on any atom is -0.386 e. The molecule has 30 heavy (non-hydrogen) atoms. The van der Waals surface area contributed by atoms with Crippen LogP contribution in [0, 0.1) is 11.3 Å². The van der Waals surface area contributed by atoms with Crippen molar-refractivity contribution in [2.75, 3.05) is 0 Å². The first-order valence-corrected chi connectivity index (χ1v) is 11.6. The largest absolute Gasteiger partial charge is 0.386 e. The fourth-order valence-corrected chi connectivity index (χ4v) is 2.27. The Labute approximate surface area is 187 Å². The third-order valence-corrected chi connectivity index (χ3v) is 4.58. The molecular weight excluding hydrogens is 372 g/mol. The summed E-state index contributed by atoms with van der Waals surface area (Å²) in [6.45, 7) is 24.5. The molecule has 4 nitrogen and oxygen atoms in total. The van der Waals surface area contributed by atoms with Gasteiger partial charge in [-0.25, -0.2) is 0 Å². The fourth-order valence-electron chi connectivity index (χ4n) is 2.27. The standard InChI is InChI=1S/2C13H25NO/c1-8-10(14-13(5,6)7)9-11(15)12(2,3)4;1-6-11(5)14-12(7-2)8-9-13(15)10(3)4/h9,14H,8H2,1-7H3;8,10-11,14H,6-7,9H2,1-5H3. The Kier molecular flexibility index (Phi) is 14.7. The molecule has 2 N–H and O–H groups in total. The van der Waals surface area contributed by atoms with Crippen LogP contribution < -0.4 is 10.6 Å². The van der Waals surface area contributed by atoms with Crippen LogP contribution in [0.25, 0.3) is 0 Å². The summed E-state index contributed by atoms with van der Waals surface area (Å²) in [4.78, 5) is 23.2. The second-order valence-corrected chi connectivity index (χ2v) is 10.4. The Hall–Kier alpha value is -1.58. The van der Waals surface area contributed by atoms with Gasteiger partial charge in [0.25, 0.3) is 0 Å². The normalized spacial score (nSPS) is 14.0. The molecule has 0 aliphatic heterocycles. The average Bonchev–Trinajstić information content (AvgIpc) is 2.62. The molecule has 176 valence electrons. The molecule has 0 rings (SSSR count). The van der Waals surface area contributed by atoms with Crippen molar-refractivity contribution in [3.05, 3.63) is 23.5 Å². The molecule has 0 aromatic rings. The smallest absolute Gasteiger partial charge is 0.162 e. The number of rotatable bonds is 10. The SMILES string of the molecule is CCC(=CC(=O)C(C)(C)C)NC(C)(C)C.CCC(=CCC(=O)C(C)C)NC(C)CC. The molecule has 4 heteroatoms. The number of hydrogen-bond donors (Lipinski definition) is 2. The van der Waals surface area contributed by atoms with Crippen LogP contribution in [0.3, 0.4) is 0 Å². The topological polar surface area (TPSA) is 58.2 Å². The summed E-state index contributed by atoms with van der Waals surface area (Å²) in [6, 6.07) is 0.491. The first-order chi connectivity index (χ1) is 13.6. The van der Waals surface area contributed by atoms with E-state index in [-0.39, 0.29) is 22.7 Å². The lowest BCUT2D eigenvalue weighted by atomic mass is 9.90. The third kappa shape index (κ3) is 16.2. The Bertz CT molecular complexity index is 573. The molecule has 0 saturated carbocycles. The van der Waals surface area contributed by atoms with E-state index in [1.807, 2.05) is 40.7 Å². The summed E-state index contributed by atoms with van der Waals surface area (Å²) < 4.78 is 0. The van der Waals surface area contributed by atoms with Crippen molar-refractivity contribution in [3.8, 4) is 0 Å². The summed E-state index contributed by atoms with van der Waals surface area (Å²) >= 11 is 0. The van der Waals surface area contributed by atoms with E-state index >= 15 is 0 Å². The molecule has 0 saturated heterocycles. The van der Waals surface area contributed by atoms with Crippen LogP contribution in [0.2, 0.25) is 0 Å². The van der Waals surface area contributed by atoms with Gasteiger partial charge in [0.15, 0.2) is 5.78 Å². The highest BCUT2D eigenvalue weighted by Crippen LogP contribution is 2.17. The van der Waals surface area contributed by atoms with Gasteiger partial charge in [0, 0.05) is 46.8 Å². The maximum atomic E-state index is 11.8. The number of hydrogen-bond acceptors (Lipinski definition) is 4. The maximum absolute atomic E-state index is 11.8. The van der Waals surface area contributed by atoms with E-state index in [9.17, 15) is 9.59 Å². The van der Waals surface area contributed by atoms with E-state index < -0.39 is 0 Å². The van der Waals surface area contributed by atoms with Crippen LogP contribution >= 0.6 is 0 Å². The molecule has 0 aromatic heterocycles. The summed E-state index contributed by atoms with van der Waals surface area (Å²) in [5, 5.41) is 6.77. The van der Waals surface area contributed by atoms with Gasteiger partial charge >= 0.3 is 0 Å². The monoisotopic (exact) mass is 422 g/mol. The van der Waals surface area contributed by atoms with Crippen molar-refractivity contribution >= 4 is 11.6 Å². The summed E-state index contributed by atoms with van der Waals surface area (Å²) in [5.41, 5.74) is 1.93. The van der Waals surface area contributed by atoms with E-state index in [0.717, 1.165) is 25.0 Å². The highest BCUT2D eigenvalue weighted by atomic mass is 16.1. The van der Waals surface area contributed by atoms with E-state index in [0.29, 0.717) is 18.2 Å². The molecule has 0 spiro atoms. The predicted molar refractivity (Wildman–Crippen MR) is 131 cm³/mol. The van der Waals surface area contributed by atoms with Crippen molar-refractivity contribution in [3.63, 3.8) is 0 Å². The maximum Gasteiger partial charge on any atom is 0.162 e. The molecule has 0 aliphatic rings. The van der Waals surface area contributed by atoms with Gasteiger partial charge in [-0.3, -0.25) is 9.59 Å². The lowest BCUT2D eigenvalue weighted by Gasteiger charge is -2.24. The van der Waals surface area contributed by atoms with Gasteiger partial charge in [-0.05, 0) is 47.0 Å². The van der Waals surface area contributed by atoms with Gasteiger partial charge in [-0.1, -0.05) is 61.5 Å². The number of nitrogens with one attached hydrogen (secondary N) is 2. The van der Waals surface area contributed by atoms with Crippen LogP contribution in [0.5, 0.6) is 0 Å². The van der Waals surface area contributed by atoms with Crippen LogP contribution in [0.4, 0.5) is 0 Å². The Morgan fingerprint density at radius 1 is 0.867 bits per heavy atom. The highest BCUT2D eigenvalue weighted by molar-refractivity contribution is 5.94. The van der Waals surface area contributed by atoms with Crippen molar-refractivity contribution in [2.45, 2.75) is 120 Å². The third-order valence-electron chi connectivity index (χ3n) is 4.58. The number of carbonyl (C=O) groups excluding carboxylic acids is 2. The van der Waals surface area contributed by atoms with Gasteiger partial charge in [0.1, 0.15) is 5.78 Å².